The van der Waals surface area contributed by atoms with E-state index in [1.54, 1.807) is 6.33 Å². The molecule has 6 heteroatoms. The Morgan fingerprint density at radius 3 is 2.86 bits per heavy atom. The maximum absolute atomic E-state index is 12.4. The molecule has 2 fully saturated rings. The second-order valence-electron chi connectivity index (χ2n) is 6.41. The van der Waals surface area contributed by atoms with Crippen LogP contribution in [0.25, 0.3) is 0 Å². The van der Waals surface area contributed by atoms with Crippen molar-refractivity contribution >= 4 is 11.8 Å². The number of carbonyl (C=O) groups excluding carboxylic acids is 2. The van der Waals surface area contributed by atoms with Gasteiger partial charge in [-0.05, 0) is 26.2 Å². The summed E-state index contributed by atoms with van der Waals surface area (Å²) in [7, 11) is 0. The summed E-state index contributed by atoms with van der Waals surface area (Å²) in [5.74, 6) is 0.176. The number of aromatic nitrogens is 2. The molecule has 0 radical (unpaired) electrons. The van der Waals surface area contributed by atoms with Crippen LogP contribution in [0.5, 0.6) is 0 Å². The number of H-pyrrole nitrogens is 1. The molecule has 3 rings (SSSR count). The molecular formula is C16H24N4O2. The highest BCUT2D eigenvalue weighted by Gasteiger charge is 2.35. The Hall–Kier alpha value is -1.85. The monoisotopic (exact) mass is 304 g/mol. The Balaban J connectivity index is 1.56. The Kier molecular flexibility index (Phi) is 4.45. The van der Waals surface area contributed by atoms with Gasteiger partial charge in [0.05, 0.1) is 24.5 Å². The quantitative estimate of drug-likeness (QED) is 0.885. The predicted molar refractivity (Wildman–Crippen MR) is 81.9 cm³/mol. The van der Waals surface area contributed by atoms with E-state index in [4.69, 9.17) is 0 Å². The summed E-state index contributed by atoms with van der Waals surface area (Å²) in [4.78, 5) is 33.7. The standard InChI is InChI=1S/C16H24N4O2/c1-11-14(19-10-18-11)8-17-16(22)12-6-7-15(21)20(9-12)13-4-2-3-5-13/h10,12-13H,2-9H2,1H3,(H,17,22)(H,18,19)/t12-/m1/s1. The number of piperidine rings is 1. The average Bonchev–Trinajstić information content (AvgIpc) is 3.17. The highest BCUT2D eigenvalue weighted by atomic mass is 16.2. The summed E-state index contributed by atoms with van der Waals surface area (Å²) in [6.07, 6.45) is 7.37. The second-order valence-corrected chi connectivity index (χ2v) is 6.41. The summed E-state index contributed by atoms with van der Waals surface area (Å²) in [6, 6.07) is 0.358. The Morgan fingerprint density at radius 2 is 2.18 bits per heavy atom. The van der Waals surface area contributed by atoms with Gasteiger partial charge in [0.1, 0.15) is 0 Å². The van der Waals surface area contributed by atoms with Gasteiger partial charge in [0.15, 0.2) is 0 Å². The van der Waals surface area contributed by atoms with Gasteiger partial charge in [-0.3, -0.25) is 9.59 Å². The van der Waals surface area contributed by atoms with Crippen LogP contribution >= 0.6 is 0 Å². The molecule has 1 saturated carbocycles. The van der Waals surface area contributed by atoms with Gasteiger partial charge in [-0.1, -0.05) is 12.8 Å². The third-order valence-corrected chi connectivity index (χ3v) is 4.94. The number of nitrogens with one attached hydrogen (secondary N) is 2. The fourth-order valence-electron chi connectivity index (χ4n) is 3.54. The van der Waals surface area contributed by atoms with Crippen molar-refractivity contribution in [3.63, 3.8) is 0 Å². The van der Waals surface area contributed by atoms with Gasteiger partial charge in [0.25, 0.3) is 0 Å². The molecule has 0 aromatic carbocycles. The minimum absolute atomic E-state index is 0.0397. The number of hydrogen-bond donors (Lipinski definition) is 2. The maximum atomic E-state index is 12.4. The van der Waals surface area contributed by atoms with Crippen LogP contribution in [0.15, 0.2) is 6.33 Å². The predicted octanol–water partition coefficient (Wildman–Crippen LogP) is 1.52. The van der Waals surface area contributed by atoms with E-state index >= 15 is 0 Å². The van der Waals surface area contributed by atoms with E-state index in [0.29, 0.717) is 32.0 Å². The van der Waals surface area contributed by atoms with Crippen LogP contribution in [-0.2, 0) is 16.1 Å². The molecule has 1 aromatic rings. The molecule has 1 aliphatic carbocycles. The second kappa shape index (κ2) is 6.50. The van der Waals surface area contributed by atoms with Crippen molar-refractivity contribution in [1.82, 2.24) is 20.2 Å². The lowest BCUT2D eigenvalue weighted by Crippen LogP contribution is -2.49. The largest absolute Gasteiger partial charge is 0.350 e. The first kappa shape index (κ1) is 15.1. The molecule has 1 aromatic heterocycles. The highest BCUT2D eigenvalue weighted by molar-refractivity contribution is 5.84. The molecular weight excluding hydrogens is 280 g/mol. The van der Waals surface area contributed by atoms with Crippen molar-refractivity contribution in [1.29, 1.82) is 0 Å². The number of nitrogens with zero attached hydrogens (tertiary/aromatic N) is 2. The molecule has 22 heavy (non-hydrogen) atoms. The van der Waals surface area contributed by atoms with Crippen molar-refractivity contribution in [3.05, 3.63) is 17.7 Å². The van der Waals surface area contributed by atoms with Crippen LogP contribution in [0, 0.1) is 12.8 Å². The number of aryl methyl sites for hydroxylation is 1. The molecule has 1 atom stereocenters. The van der Waals surface area contributed by atoms with Crippen molar-refractivity contribution in [2.24, 2.45) is 5.92 Å². The third kappa shape index (κ3) is 3.15. The van der Waals surface area contributed by atoms with E-state index in [9.17, 15) is 9.59 Å². The third-order valence-electron chi connectivity index (χ3n) is 4.94. The molecule has 2 heterocycles. The van der Waals surface area contributed by atoms with Crippen LogP contribution in [0.1, 0.15) is 49.9 Å². The number of likely N-dealkylation sites (tertiary alicyclic amines) is 1. The van der Waals surface area contributed by atoms with Crippen LogP contribution in [0.2, 0.25) is 0 Å². The van der Waals surface area contributed by atoms with Crippen LogP contribution in [0.3, 0.4) is 0 Å². The Morgan fingerprint density at radius 1 is 1.41 bits per heavy atom. The van der Waals surface area contributed by atoms with E-state index in [-0.39, 0.29) is 17.7 Å². The zero-order chi connectivity index (χ0) is 15.5. The normalized spacial score (nSPS) is 23.0. The van der Waals surface area contributed by atoms with Gasteiger partial charge in [-0.25, -0.2) is 4.98 Å². The molecule has 6 nitrogen and oxygen atoms in total. The molecule has 1 aliphatic heterocycles. The zero-order valence-corrected chi connectivity index (χ0v) is 13.1. The van der Waals surface area contributed by atoms with Gasteiger partial charge >= 0.3 is 0 Å². The first-order valence-corrected chi connectivity index (χ1v) is 8.21. The number of hydrogen-bond acceptors (Lipinski definition) is 3. The lowest BCUT2D eigenvalue weighted by atomic mass is 9.95. The van der Waals surface area contributed by atoms with E-state index in [1.807, 2.05) is 11.8 Å². The van der Waals surface area contributed by atoms with Gasteiger partial charge in [-0.15, -0.1) is 0 Å². The lowest BCUT2D eigenvalue weighted by Gasteiger charge is -2.36. The van der Waals surface area contributed by atoms with Gasteiger partial charge in [0.2, 0.25) is 11.8 Å². The lowest BCUT2D eigenvalue weighted by molar-refractivity contribution is -0.140. The van der Waals surface area contributed by atoms with E-state index < -0.39 is 0 Å². The van der Waals surface area contributed by atoms with Crippen molar-refractivity contribution in [3.8, 4) is 0 Å². The number of carbonyl (C=O) groups is 2. The number of amides is 2. The molecule has 2 aliphatic rings. The minimum Gasteiger partial charge on any atom is -0.350 e. The first-order valence-electron chi connectivity index (χ1n) is 8.21. The average molecular weight is 304 g/mol. The van der Waals surface area contributed by atoms with Gasteiger partial charge < -0.3 is 15.2 Å². The van der Waals surface area contributed by atoms with Crippen LogP contribution in [0.4, 0.5) is 0 Å². The molecule has 120 valence electrons. The molecule has 0 spiro atoms. The molecule has 0 unspecified atom stereocenters. The van der Waals surface area contributed by atoms with Crippen molar-refractivity contribution in [2.75, 3.05) is 6.54 Å². The van der Waals surface area contributed by atoms with Crippen molar-refractivity contribution in [2.45, 2.75) is 58.0 Å². The Labute approximate surface area is 130 Å². The topological polar surface area (TPSA) is 78.1 Å². The fraction of sp³-hybridized carbons (Fsp3) is 0.688. The Bertz CT molecular complexity index is 548. The first-order chi connectivity index (χ1) is 10.6. The smallest absolute Gasteiger partial charge is 0.225 e. The summed E-state index contributed by atoms with van der Waals surface area (Å²) < 4.78 is 0. The summed E-state index contributed by atoms with van der Waals surface area (Å²) >= 11 is 0. The zero-order valence-electron chi connectivity index (χ0n) is 13.1. The van der Waals surface area contributed by atoms with Crippen molar-refractivity contribution < 1.29 is 9.59 Å². The number of aromatic amines is 1. The molecule has 2 N–H and O–H groups in total. The maximum Gasteiger partial charge on any atom is 0.225 e. The summed E-state index contributed by atoms with van der Waals surface area (Å²) in [5.41, 5.74) is 1.85. The van der Waals surface area contributed by atoms with Crippen LogP contribution < -0.4 is 5.32 Å². The van der Waals surface area contributed by atoms with Gasteiger partial charge in [0, 0.05) is 24.7 Å². The molecule has 1 saturated heterocycles. The van der Waals surface area contributed by atoms with Gasteiger partial charge in [-0.2, -0.15) is 0 Å². The summed E-state index contributed by atoms with van der Waals surface area (Å²) in [5, 5.41) is 2.96. The fourth-order valence-corrected chi connectivity index (χ4v) is 3.54. The molecule has 2 amide bonds. The SMILES string of the molecule is Cc1[nH]cnc1CNC(=O)[C@@H]1CCC(=O)N(C2CCCC2)C1. The van der Waals surface area contributed by atoms with E-state index in [0.717, 1.165) is 24.2 Å². The molecule has 0 bridgehead atoms. The van der Waals surface area contributed by atoms with E-state index in [2.05, 4.69) is 15.3 Å². The number of imidazole rings is 1. The van der Waals surface area contributed by atoms with E-state index in [1.165, 1.54) is 12.8 Å². The summed E-state index contributed by atoms with van der Waals surface area (Å²) in [6.45, 7) is 2.96. The number of rotatable bonds is 4. The minimum atomic E-state index is -0.0856. The highest BCUT2D eigenvalue weighted by Crippen LogP contribution is 2.28. The van der Waals surface area contributed by atoms with Crippen LogP contribution in [-0.4, -0.2) is 39.3 Å².